The van der Waals surface area contributed by atoms with Crippen LogP contribution in [0.2, 0.25) is 0 Å². The lowest BCUT2D eigenvalue weighted by atomic mass is 10.1. The SMILES string of the molecule is CCCNC(=O)N(Cc1ccccc1)NC(=O)CCCc1ccc(OC(C)(C)C(=O)OCC)cc1. The summed E-state index contributed by atoms with van der Waals surface area (Å²) in [6.07, 6.45) is 2.40. The highest BCUT2D eigenvalue weighted by Gasteiger charge is 2.31. The Balaban J connectivity index is 1.85. The van der Waals surface area contributed by atoms with Crippen LogP contribution in [0, 0.1) is 0 Å². The average molecular weight is 484 g/mol. The first-order valence-corrected chi connectivity index (χ1v) is 12.1. The number of carbonyl (C=O) groups excluding carboxylic acids is 3. The smallest absolute Gasteiger partial charge is 0.349 e. The fraction of sp³-hybridized carbons (Fsp3) is 0.444. The van der Waals surface area contributed by atoms with E-state index in [1.165, 1.54) is 5.01 Å². The first-order valence-electron chi connectivity index (χ1n) is 12.1. The lowest BCUT2D eigenvalue weighted by Crippen LogP contribution is -2.50. The highest BCUT2D eigenvalue weighted by atomic mass is 16.6. The molecule has 0 aliphatic rings. The zero-order valence-corrected chi connectivity index (χ0v) is 21.1. The maximum absolute atomic E-state index is 12.5. The Bertz CT molecular complexity index is 945. The second kappa shape index (κ2) is 14.0. The molecule has 0 radical (unpaired) electrons. The van der Waals surface area contributed by atoms with E-state index >= 15 is 0 Å². The monoisotopic (exact) mass is 483 g/mol. The molecular weight excluding hydrogens is 446 g/mol. The van der Waals surface area contributed by atoms with Crippen molar-refractivity contribution in [3.63, 3.8) is 0 Å². The molecule has 0 fully saturated rings. The minimum atomic E-state index is -1.08. The Hall–Kier alpha value is -3.55. The lowest BCUT2D eigenvalue weighted by molar-refractivity contribution is -0.158. The first-order chi connectivity index (χ1) is 16.7. The molecule has 2 rings (SSSR count). The van der Waals surface area contributed by atoms with Crippen LogP contribution in [0.5, 0.6) is 5.75 Å². The van der Waals surface area contributed by atoms with Crippen LogP contribution in [0.3, 0.4) is 0 Å². The number of amides is 3. The lowest BCUT2D eigenvalue weighted by Gasteiger charge is -2.24. The van der Waals surface area contributed by atoms with Crippen LogP contribution >= 0.6 is 0 Å². The van der Waals surface area contributed by atoms with Crippen LogP contribution in [0.25, 0.3) is 0 Å². The summed E-state index contributed by atoms with van der Waals surface area (Å²) >= 11 is 0. The average Bonchev–Trinajstić information content (AvgIpc) is 2.84. The maximum atomic E-state index is 12.5. The predicted molar refractivity (Wildman–Crippen MR) is 135 cm³/mol. The molecule has 0 heterocycles. The Kier molecular flexibility index (Phi) is 11.1. The van der Waals surface area contributed by atoms with E-state index in [0.29, 0.717) is 31.7 Å². The minimum absolute atomic E-state index is 0.219. The molecule has 35 heavy (non-hydrogen) atoms. The highest BCUT2D eigenvalue weighted by molar-refractivity contribution is 5.81. The van der Waals surface area contributed by atoms with Gasteiger partial charge in [-0.1, -0.05) is 49.4 Å². The molecule has 8 nitrogen and oxygen atoms in total. The van der Waals surface area contributed by atoms with E-state index in [2.05, 4.69) is 10.7 Å². The minimum Gasteiger partial charge on any atom is -0.476 e. The predicted octanol–water partition coefficient (Wildman–Crippen LogP) is 4.38. The summed E-state index contributed by atoms with van der Waals surface area (Å²) in [4.78, 5) is 37.0. The molecule has 190 valence electrons. The molecule has 3 amide bonds. The highest BCUT2D eigenvalue weighted by Crippen LogP contribution is 2.21. The summed E-state index contributed by atoms with van der Waals surface area (Å²) < 4.78 is 10.8. The molecule has 0 saturated carbocycles. The molecule has 0 aliphatic carbocycles. The van der Waals surface area contributed by atoms with E-state index in [9.17, 15) is 14.4 Å². The van der Waals surface area contributed by atoms with Gasteiger partial charge in [0.2, 0.25) is 5.91 Å². The van der Waals surface area contributed by atoms with Gasteiger partial charge in [0.25, 0.3) is 0 Å². The Morgan fingerprint density at radius 3 is 2.26 bits per heavy atom. The molecular formula is C27H37N3O5. The first kappa shape index (κ1) is 27.7. The van der Waals surface area contributed by atoms with Gasteiger partial charge in [0.05, 0.1) is 13.2 Å². The summed E-state index contributed by atoms with van der Waals surface area (Å²) in [6.45, 7) is 8.18. The van der Waals surface area contributed by atoms with Crippen molar-refractivity contribution in [3.05, 3.63) is 65.7 Å². The quantitative estimate of drug-likeness (QED) is 0.345. The van der Waals surface area contributed by atoms with Crippen LogP contribution in [0.4, 0.5) is 4.79 Å². The third-order valence-corrected chi connectivity index (χ3v) is 5.15. The summed E-state index contributed by atoms with van der Waals surface area (Å²) in [7, 11) is 0. The standard InChI is InChI=1S/C27H37N3O5/c1-5-19-28-26(33)30(20-22-11-8-7-9-12-22)29-24(31)14-10-13-21-15-17-23(18-16-21)35-27(3,4)25(32)34-6-2/h7-9,11-12,15-18H,5-6,10,13-14,19-20H2,1-4H3,(H,28,33)(H,29,31). The number of benzene rings is 2. The summed E-state index contributed by atoms with van der Waals surface area (Å²) in [5.74, 6) is -0.0670. The summed E-state index contributed by atoms with van der Waals surface area (Å²) in [5, 5.41) is 4.13. The van der Waals surface area contributed by atoms with Crippen molar-refractivity contribution >= 4 is 17.9 Å². The number of esters is 1. The van der Waals surface area contributed by atoms with Crippen molar-refractivity contribution in [2.24, 2.45) is 0 Å². The van der Waals surface area contributed by atoms with E-state index in [-0.39, 0.29) is 24.9 Å². The molecule has 0 saturated heterocycles. The topological polar surface area (TPSA) is 97.0 Å². The van der Waals surface area contributed by atoms with Gasteiger partial charge in [0, 0.05) is 13.0 Å². The van der Waals surface area contributed by atoms with Gasteiger partial charge >= 0.3 is 12.0 Å². The molecule has 2 aromatic rings. The number of hydrazine groups is 1. The van der Waals surface area contributed by atoms with Crippen LogP contribution in [0.15, 0.2) is 54.6 Å². The van der Waals surface area contributed by atoms with Gasteiger partial charge in [-0.2, -0.15) is 0 Å². The normalized spacial score (nSPS) is 10.9. The molecule has 0 bridgehead atoms. The van der Waals surface area contributed by atoms with Crippen molar-refractivity contribution in [1.29, 1.82) is 0 Å². The molecule has 0 aromatic heterocycles. The van der Waals surface area contributed by atoms with Gasteiger partial charge in [-0.15, -0.1) is 0 Å². The second-order valence-corrected chi connectivity index (χ2v) is 8.67. The fourth-order valence-corrected chi connectivity index (χ4v) is 3.28. The molecule has 2 aromatic carbocycles. The second-order valence-electron chi connectivity index (χ2n) is 8.67. The number of rotatable bonds is 12. The molecule has 0 aliphatic heterocycles. The molecule has 0 atom stereocenters. The summed E-state index contributed by atoms with van der Waals surface area (Å²) in [6, 6.07) is 16.6. The van der Waals surface area contributed by atoms with Crippen LogP contribution in [-0.2, 0) is 27.3 Å². The number of hydrogen-bond donors (Lipinski definition) is 2. The van der Waals surface area contributed by atoms with Crippen molar-refractivity contribution in [2.75, 3.05) is 13.2 Å². The Morgan fingerprint density at radius 2 is 1.63 bits per heavy atom. The van der Waals surface area contributed by atoms with Gasteiger partial charge in [-0.25, -0.2) is 14.6 Å². The maximum Gasteiger partial charge on any atom is 0.349 e. The van der Waals surface area contributed by atoms with Gasteiger partial charge in [0.15, 0.2) is 5.60 Å². The van der Waals surface area contributed by atoms with Crippen LogP contribution < -0.4 is 15.5 Å². The van der Waals surface area contributed by atoms with Crippen molar-refractivity contribution in [1.82, 2.24) is 15.8 Å². The summed E-state index contributed by atoms with van der Waals surface area (Å²) in [5.41, 5.74) is 3.62. The number of carbonyl (C=O) groups is 3. The number of aryl methyl sites for hydroxylation is 1. The van der Waals surface area contributed by atoms with Crippen molar-refractivity contribution < 1.29 is 23.9 Å². The van der Waals surface area contributed by atoms with Crippen molar-refractivity contribution in [2.45, 2.75) is 65.5 Å². The van der Waals surface area contributed by atoms with E-state index < -0.39 is 11.6 Å². The van der Waals surface area contributed by atoms with Gasteiger partial charge in [0.1, 0.15) is 5.75 Å². The van der Waals surface area contributed by atoms with Crippen LogP contribution in [0.1, 0.15) is 58.1 Å². The zero-order chi connectivity index (χ0) is 25.7. The fourth-order valence-electron chi connectivity index (χ4n) is 3.28. The number of ether oxygens (including phenoxy) is 2. The molecule has 2 N–H and O–H groups in total. The van der Waals surface area contributed by atoms with Gasteiger partial charge in [-0.05, 0) is 63.3 Å². The number of hydrogen-bond acceptors (Lipinski definition) is 5. The van der Waals surface area contributed by atoms with Crippen molar-refractivity contribution in [3.8, 4) is 5.75 Å². The van der Waals surface area contributed by atoms with Gasteiger partial charge < -0.3 is 14.8 Å². The Morgan fingerprint density at radius 1 is 0.943 bits per heavy atom. The van der Waals surface area contributed by atoms with E-state index in [0.717, 1.165) is 17.5 Å². The number of nitrogens with one attached hydrogen (secondary N) is 2. The molecule has 8 heteroatoms. The third-order valence-electron chi connectivity index (χ3n) is 5.15. The largest absolute Gasteiger partial charge is 0.476 e. The zero-order valence-electron chi connectivity index (χ0n) is 21.1. The number of urea groups is 1. The number of nitrogens with zero attached hydrogens (tertiary/aromatic N) is 1. The van der Waals surface area contributed by atoms with E-state index in [1.807, 2.05) is 49.4 Å². The third kappa shape index (κ3) is 9.68. The molecule has 0 unspecified atom stereocenters. The van der Waals surface area contributed by atoms with Crippen LogP contribution in [-0.4, -0.2) is 41.7 Å². The van der Waals surface area contributed by atoms with Gasteiger partial charge in [-0.3, -0.25) is 10.2 Å². The molecule has 0 spiro atoms. The van der Waals surface area contributed by atoms with E-state index in [1.54, 1.807) is 32.9 Å². The Labute approximate surface area is 208 Å². The van der Waals surface area contributed by atoms with E-state index in [4.69, 9.17) is 9.47 Å².